The number of hydrogen-bond acceptors (Lipinski definition) is 4. The topological polar surface area (TPSA) is 77.2 Å². The zero-order valence-electron chi connectivity index (χ0n) is 7.47. The molecule has 0 aromatic carbocycles. The van der Waals surface area contributed by atoms with Crippen LogP contribution in [0.1, 0.15) is 12.7 Å². The average Bonchev–Trinajstić information content (AvgIpc) is 2.47. The van der Waals surface area contributed by atoms with E-state index in [4.69, 9.17) is 9.84 Å². The molecule has 0 bridgehead atoms. The average molecular weight is 185 g/mol. The van der Waals surface area contributed by atoms with Crippen LogP contribution >= 0.6 is 0 Å². The Labute approximate surface area is 75.2 Å². The van der Waals surface area contributed by atoms with Gasteiger partial charge in [0.25, 0.3) is 0 Å². The van der Waals surface area contributed by atoms with Crippen LogP contribution < -0.4 is 0 Å². The minimum Gasteiger partial charge on any atom is -0.479 e. The van der Waals surface area contributed by atoms with Crippen LogP contribution in [-0.4, -0.2) is 31.9 Å². The van der Waals surface area contributed by atoms with Crippen molar-refractivity contribution in [3.8, 4) is 0 Å². The Balaban J connectivity index is 2.44. The van der Waals surface area contributed by atoms with E-state index in [9.17, 15) is 4.79 Å². The van der Waals surface area contributed by atoms with Gasteiger partial charge in [0.15, 0.2) is 11.9 Å². The van der Waals surface area contributed by atoms with E-state index in [0.717, 1.165) is 0 Å². The molecule has 0 aliphatic heterocycles. The summed E-state index contributed by atoms with van der Waals surface area (Å²) in [5.74, 6) is -0.379. The summed E-state index contributed by atoms with van der Waals surface area (Å²) in [7, 11) is 1.72. The number of aryl methyl sites for hydroxylation is 1. The summed E-state index contributed by atoms with van der Waals surface area (Å²) in [6.45, 7) is 1.63. The van der Waals surface area contributed by atoms with Gasteiger partial charge >= 0.3 is 5.97 Å². The van der Waals surface area contributed by atoms with Crippen LogP contribution in [0.5, 0.6) is 0 Å². The summed E-state index contributed by atoms with van der Waals surface area (Å²) in [5, 5.41) is 12.3. The highest BCUT2D eigenvalue weighted by molar-refractivity contribution is 5.71. The molecule has 0 amide bonds. The molecular weight excluding hydrogens is 174 g/mol. The molecule has 0 saturated carbocycles. The summed E-state index contributed by atoms with van der Waals surface area (Å²) in [6, 6.07) is 0. The van der Waals surface area contributed by atoms with Crippen LogP contribution in [0.2, 0.25) is 0 Å². The number of aromatic nitrogens is 3. The van der Waals surface area contributed by atoms with E-state index in [1.165, 1.54) is 17.9 Å². The quantitative estimate of drug-likeness (QED) is 0.703. The van der Waals surface area contributed by atoms with Gasteiger partial charge in [0.05, 0.1) is 0 Å². The third kappa shape index (κ3) is 2.51. The second-order valence-electron chi connectivity index (χ2n) is 2.59. The summed E-state index contributed by atoms with van der Waals surface area (Å²) in [5.41, 5.74) is 0. The van der Waals surface area contributed by atoms with Gasteiger partial charge in [-0.15, -0.1) is 0 Å². The first kappa shape index (κ1) is 9.66. The van der Waals surface area contributed by atoms with E-state index in [-0.39, 0.29) is 6.61 Å². The summed E-state index contributed by atoms with van der Waals surface area (Å²) in [6.07, 6.45) is 0.570. The SMILES string of the molecule is C[C@H](OCc1ncnn1C)C(=O)O. The van der Waals surface area contributed by atoms with E-state index in [0.29, 0.717) is 5.82 Å². The predicted octanol–water partition coefficient (Wildman–Crippen LogP) is -0.195. The zero-order chi connectivity index (χ0) is 9.84. The third-order valence-corrected chi connectivity index (χ3v) is 1.62. The monoisotopic (exact) mass is 185 g/mol. The second-order valence-corrected chi connectivity index (χ2v) is 2.59. The molecule has 0 spiro atoms. The fraction of sp³-hybridized carbons (Fsp3) is 0.571. The lowest BCUT2D eigenvalue weighted by Gasteiger charge is -2.06. The Bertz CT molecular complexity index is 297. The Morgan fingerprint density at radius 2 is 2.54 bits per heavy atom. The summed E-state index contributed by atoms with van der Waals surface area (Å²) in [4.78, 5) is 14.3. The molecule has 1 N–H and O–H groups in total. The Morgan fingerprint density at radius 1 is 1.85 bits per heavy atom. The van der Waals surface area contributed by atoms with Gasteiger partial charge in [0, 0.05) is 7.05 Å². The van der Waals surface area contributed by atoms with Crippen LogP contribution in [-0.2, 0) is 23.2 Å². The van der Waals surface area contributed by atoms with Crippen molar-refractivity contribution in [2.45, 2.75) is 19.6 Å². The van der Waals surface area contributed by atoms with Crippen molar-refractivity contribution in [1.82, 2.24) is 14.8 Å². The number of carbonyl (C=O) groups is 1. The molecule has 13 heavy (non-hydrogen) atoms. The van der Waals surface area contributed by atoms with Gasteiger partial charge in [-0.25, -0.2) is 9.78 Å². The van der Waals surface area contributed by atoms with Crippen LogP contribution in [0.3, 0.4) is 0 Å². The normalized spacial score (nSPS) is 12.8. The first-order chi connectivity index (χ1) is 6.11. The van der Waals surface area contributed by atoms with Gasteiger partial charge in [0.1, 0.15) is 12.9 Å². The molecule has 1 rings (SSSR count). The van der Waals surface area contributed by atoms with Crippen molar-refractivity contribution in [1.29, 1.82) is 0 Å². The molecule has 0 fully saturated rings. The van der Waals surface area contributed by atoms with E-state index in [1.54, 1.807) is 7.05 Å². The Hall–Kier alpha value is -1.43. The standard InChI is InChI=1S/C7H11N3O3/c1-5(7(11)12)13-3-6-8-4-9-10(6)2/h4-5H,3H2,1-2H3,(H,11,12)/t5-/m0/s1. The Kier molecular flexibility index (Phi) is 2.97. The molecule has 0 saturated heterocycles. The molecular formula is C7H11N3O3. The minimum absolute atomic E-state index is 0.157. The lowest BCUT2D eigenvalue weighted by molar-refractivity contribution is -0.150. The first-order valence-electron chi connectivity index (χ1n) is 3.78. The van der Waals surface area contributed by atoms with E-state index in [1.807, 2.05) is 0 Å². The maximum Gasteiger partial charge on any atom is 0.332 e. The number of hydrogen-bond donors (Lipinski definition) is 1. The molecule has 6 heteroatoms. The lowest BCUT2D eigenvalue weighted by Crippen LogP contribution is -2.20. The van der Waals surface area contributed by atoms with Crippen LogP contribution in [0.15, 0.2) is 6.33 Å². The number of carboxylic acids is 1. The second kappa shape index (κ2) is 3.99. The maximum atomic E-state index is 10.4. The fourth-order valence-corrected chi connectivity index (χ4v) is 0.722. The van der Waals surface area contributed by atoms with Gasteiger partial charge < -0.3 is 9.84 Å². The maximum absolute atomic E-state index is 10.4. The largest absolute Gasteiger partial charge is 0.479 e. The Morgan fingerprint density at radius 3 is 3.00 bits per heavy atom. The number of ether oxygens (including phenoxy) is 1. The number of nitrogens with zero attached hydrogens (tertiary/aromatic N) is 3. The molecule has 0 aliphatic rings. The fourth-order valence-electron chi connectivity index (χ4n) is 0.722. The molecule has 0 aliphatic carbocycles. The van der Waals surface area contributed by atoms with Gasteiger partial charge in [-0.3, -0.25) is 4.68 Å². The minimum atomic E-state index is -0.984. The number of aliphatic carboxylic acids is 1. The summed E-state index contributed by atoms with van der Waals surface area (Å²) >= 11 is 0. The van der Waals surface area contributed by atoms with Crippen molar-refractivity contribution in [3.05, 3.63) is 12.2 Å². The molecule has 72 valence electrons. The van der Waals surface area contributed by atoms with Crippen molar-refractivity contribution in [2.75, 3.05) is 0 Å². The van der Waals surface area contributed by atoms with Gasteiger partial charge in [-0.2, -0.15) is 5.10 Å². The highest BCUT2D eigenvalue weighted by atomic mass is 16.5. The predicted molar refractivity (Wildman–Crippen MR) is 42.9 cm³/mol. The van der Waals surface area contributed by atoms with E-state index in [2.05, 4.69) is 10.1 Å². The molecule has 1 aromatic heterocycles. The third-order valence-electron chi connectivity index (χ3n) is 1.62. The van der Waals surface area contributed by atoms with Crippen molar-refractivity contribution in [3.63, 3.8) is 0 Å². The van der Waals surface area contributed by atoms with Crippen LogP contribution in [0.25, 0.3) is 0 Å². The molecule has 0 unspecified atom stereocenters. The van der Waals surface area contributed by atoms with E-state index >= 15 is 0 Å². The number of carboxylic acid groups (broad SMARTS) is 1. The van der Waals surface area contributed by atoms with Gasteiger partial charge in [-0.05, 0) is 6.92 Å². The van der Waals surface area contributed by atoms with Crippen molar-refractivity contribution >= 4 is 5.97 Å². The van der Waals surface area contributed by atoms with Gasteiger partial charge in [-0.1, -0.05) is 0 Å². The number of rotatable bonds is 4. The van der Waals surface area contributed by atoms with Crippen molar-refractivity contribution in [2.24, 2.45) is 7.05 Å². The van der Waals surface area contributed by atoms with Crippen LogP contribution in [0, 0.1) is 0 Å². The lowest BCUT2D eigenvalue weighted by atomic mass is 10.4. The van der Waals surface area contributed by atoms with Crippen LogP contribution in [0.4, 0.5) is 0 Å². The molecule has 6 nitrogen and oxygen atoms in total. The highest BCUT2D eigenvalue weighted by Crippen LogP contribution is 1.98. The summed E-state index contributed by atoms with van der Waals surface area (Å²) < 4.78 is 6.54. The first-order valence-corrected chi connectivity index (χ1v) is 3.78. The molecule has 1 heterocycles. The highest BCUT2D eigenvalue weighted by Gasteiger charge is 2.12. The van der Waals surface area contributed by atoms with Crippen molar-refractivity contribution < 1.29 is 14.6 Å². The van der Waals surface area contributed by atoms with Gasteiger partial charge in [0.2, 0.25) is 0 Å². The van der Waals surface area contributed by atoms with E-state index < -0.39 is 12.1 Å². The molecule has 0 radical (unpaired) electrons. The molecule has 1 aromatic rings. The smallest absolute Gasteiger partial charge is 0.332 e. The molecule has 1 atom stereocenters. The zero-order valence-corrected chi connectivity index (χ0v) is 7.47.